The first kappa shape index (κ1) is 22.0. The van der Waals surface area contributed by atoms with Crippen molar-refractivity contribution < 1.29 is 39.6 Å². The summed E-state index contributed by atoms with van der Waals surface area (Å²) < 4.78 is 0. The van der Waals surface area contributed by atoms with Crippen LogP contribution in [0.3, 0.4) is 0 Å². The van der Waals surface area contributed by atoms with Crippen LogP contribution in [0.4, 0.5) is 5.69 Å². The van der Waals surface area contributed by atoms with Crippen LogP contribution in [0.25, 0.3) is 22.3 Å². The smallest absolute Gasteiger partial charge is 0.335 e. The molecule has 32 heavy (non-hydrogen) atoms. The molecule has 0 atom stereocenters. The zero-order valence-corrected chi connectivity index (χ0v) is 16.6. The number of hydrogen-bond donors (Lipinski definition) is 5. The van der Waals surface area contributed by atoms with Gasteiger partial charge in [0.2, 0.25) is 0 Å². The van der Waals surface area contributed by atoms with Gasteiger partial charge in [-0.05, 0) is 72.1 Å². The number of aryl methyl sites for hydroxylation is 1. The SMILES string of the molecule is Cc1cc(-c2cc(C(=O)O)cc(C(=O)O)c2)c(N)c(-c2cc(C(=O)O)cc(C(=O)O)c2)c1. The van der Waals surface area contributed by atoms with E-state index < -0.39 is 23.9 Å². The Labute approximate surface area is 181 Å². The Bertz CT molecular complexity index is 1150. The van der Waals surface area contributed by atoms with Gasteiger partial charge in [0.05, 0.1) is 22.3 Å². The molecule has 3 rings (SSSR count). The quantitative estimate of drug-likeness (QED) is 0.361. The molecule has 162 valence electrons. The highest BCUT2D eigenvalue weighted by molar-refractivity contribution is 6.00. The summed E-state index contributed by atoms with van der Waals surface area (Å²) >= 11 is 0. The second-order valence-corrected chi connectivity index (χ2v) is 7.09. The number of carbonyl (C=O) groups is 4. The molecule has 0 saturated carbocycles. The van der Waals surface area contributed by atoms with Crippen molar-refractivity contribution in [1.82, 2.24) is 0 Å². The van der Waals surface area contributed by atoms with Gasteiger partial charge in [-0.3, -0.25) is 0 Å². The lowest BCUT2D eigenvalue weighted by Gasteiger charge is -2.15. The third-order valence-corrected chi connectivity index (χ3v) is 4.80. The van der Waals surface area contributed by atoms with Crippen molar-refractivity contribution in [2.45, 2.75) is 6.92 Å². The predicted molar refractivity (Wildman–Crippen MR) is 114 cm³/mol. The largest absolute Gasteiger partial charge is 0.478 e. The fourth-order valence-corrected chi connectivity index (χ4v) is 3.34. The van der Waals surface area contributed by atoms with E-state index in [2.05, 4.69) is 0 Å². The van der Waals surface area contributed by atoms with E-state index in [1.54, 1.807) is 19.1 Å². The van der Waals surface area contributed by atoms with Gasteiger partial charge in [-0.2, -0.15) is 0 Å². The van der Waals surface area contributed by atoms with Crippen molar-refractivity contribution in [3.05, 3.63) is 76.3 Å². The minimum atomic E-state index is -1.32. The van der Waals surface area contributed by atoms with E-state index in [1.165, 1.54) is 24.3 Å². The molecule has 9 heteroatoms. The predicted octanol–water partition coefficient (Wildman–Crippen LogP) is 3.70. The van der Waals surface area contributed by atoms with Crippen LogP contribution in [0, 0.1) is 6.92 Å². The summed E-state index contributed by atoms with van der Waals surface area (Å²) in [6, 6.07) is 10.4. The molecule has 6 N–H and O–H groups in total. The van der Waals surface area contributed by atoms with Crippen molar-refractivity contribution in [2.75, 3.05) is 5.73 Å². The van der Waals surface area contributed by atoms with Gasteiger partial charge >= 0.3 is 23.9 Å². The normalized spacial score (nSPS) is 10.5. The van der Waals surface area contributed by atoms with E-state index >= 15 is 0 Å². The standard InChI is InChI=1S/C23H17NO8/c1-10-2-17(11-4-13(20(25)26)8-14(5-11)21(27)28)19(24)18(3-10)12-6-15(22(29)30)9-16(7-12)23(31)32/h2-9H,24H2,1H3,(H,25,26)(H,27,28)(H,29,30)(H,31,32). The second-order valence-electron chi connectivity index (χ2n) is 7.09. The van der Waals surface area contributed by atoms with Crippen molar-refractivity contribution in [1.29, 1.82) is 0 Å². The third-order valence-electron chi connectivity index (χ3n) is 4.80. The van der Waals surface area contributed by atoms with Crippen molar-refractivity contribution >= 4 is 29.6 Å². The highest BCUT2D eigenvalue weighted by Crippen LogP contribution is 2.37. The van der Waals surface area contributed by atoms with Crippen molar-refractivity contribution in [2.24, 2.45) is 0 Å². The molecule has 0 heterocycles. The Morgan fingerprint density at radius 2 is 0.844 bits per heavy atom. The van der Waals surface area contributed by atoms with Crippen LogP contribution in [-0.2, 0) is 0 Å². The molecule has 0 aromatic heterocycles. The van der Waals surface area contributed by atoms with Gasteiger partial charge in [-0.1, -0.05) is 0 Å². The van der Waals surface area contributed by atoms with E-state index in [0.29, 0.717) is 16.7 Å². The maximum absolute atomic E-state index is 11.5. The van der Waals surface area contributed by atoms with Gasteiger partial charge in [-0.25, -0.2) is 19.2 Å². The molecule has 0 amide bonds. The summed E-state index contributed by atoms with van der Waals surface area (Å²) in [6.45, 7) is 1.71. The maximum Gasteiger partial charge on any atom is 0.335 e. The first-order valence-corrected chi connectivity index (χ1v) is 9.12. The first-order chi connectivity index (χ1) is 15.0. The van der Waals surface area contributed by atoms with Gasteiger partial charge in [0.25, 0.3) is 0 Å². The van der Waals surface area contributed by atoms with Crippen LogP contribution in [0.15, 0.2) is 48.5 Å². The van der Waals surface area contributed by atoms with Gasteiger partial charge < -0.3 is 26.2 Å². The second kappa shape index (κ2) is 8.23. The number of anilines is 1. The van der Waals surface area contributed by atoms with Crippen LogP contribution < -0.4 is 5.73 Å². The van der Waals surface area contributed by atoms with E-state index in [0.717, 1.165) is 12.1 Å². The monoisotopic (exact) mass is 435 g/mol. The topological polar surface area (TPSA) is 175 Å². The van der Waals surface area contributed by atoms with Crippen LogP contribution in [-0.4, -0.2) is 44.3 Å². The number of aromatic carboxylic acids is 4. The van der Waals surface area contributed by atoms with Crippen LogP contribution in [0.5, 0.6) is 0 Å². The van der Waals surface area contributed by atoms with Gasteiger partial charge in [0, 0.05) is 16.8 Å². The molecule has 0 aliphatic rings. The Kier molecular flexibility index (Phi) is 5.67. The van der Waals surface area contributed by atoms with Gasteiger partial charge in [0.1, 0.15) is 0 Å². The van der Waals surface area contributed by atoms with E-state index in [4.69, 9.17) is 5.73 Å². The Morgan fingerprint density at radius 1 is 0.562 bits per heavy atom. The minimum Gasteiger partial charge on any atom is -0.478 e. The lowest BCUT2D eigenvalue weighted by Crippen LogP contribution is -2.05. The number of carboxylic acids is 4. The summed E-state index contributed by atoms with van der Waals surface area (Å²) in [5.74, 6) is -5.27. The van der Waals surface area contributed by atoms with Crippen LogP contribution >= 0.6 is 0 Å². The molecule has 0 aliphatic carbocycles. The molecule has 0 aliphatic heterocycles. The number of rotatable bonds is 6. The van der Waals surface area contributed by atoms with Crippen molar-refractivity contribution in [3.8, 4) is 22.3 Å². The lowest BCUT2D eigenvalue weighted by atomic mass is 9.91. The highest BCUT2D eigenvalue weighted by atomic mass is 16.4. The van der Waals surface area contributed by atoms with Crippen LogP contribution in [0.1, 0.15) is 47.0 Å². The zero-order chi connectivity index (χ0) is 23.7. The van der Waals surface area contributed by atoms with Crippen molar-refractivity contribution in [3.63, 3.8) is 0 Å². The summed E-state index contributed by atoms with van der Waals surface area (Å²) in [5, 5.41) is 37.4. The molecule has 9 nitrogen and oxygen atoms in total. The number of benzene rings is 3. The van der Waals surface area contributed by atoms with E-state index in [-0.39, 0.29) is 39.1 Å². The zero-order valence-electron chi connectivity index (χ0n) is 16.6. The fourth-order valence-electron chi connectivity index (χ4n) is 3.34. The molecule has 0 spiro atoms. The van der Waals surface area contributed by atoms with Gasteiger partial charge in [0.15, 0.2) is 0 Å². The van der Waals surface area contributed by atoms with Gasteiger partial charge in [-0.15, -0.1) is 0 Å². The van der Waals surface area contributed by atoms with E-state index in [9.17, 15) is 39.6 Å². The highest BCUT2D eigenvalue weighted by Gasteiger charge is 2.18. The van der Waals surface area contributed by atoms with Crippen LogP contribution in [0.2, 0.25) is 0 Å². The average Bonchev–Trinajstić information content (AvgIpc) is 2.74. The molecule has 3 aromatic rings. The Balaban J connectivity index is 2.31. The maximum atomic E-state index is 11.5. The molecule has 0 bridgehead atoms. The summed E-state index contributed by atoms with van der Waals surface area (Å²) in [4.78, 5) is 45.9. The minimum absolute atomic E-state index is 0.105. The summed E-state index contributed by atoms with van der Waals surface area (Å²) in [6.07, 6.45) is 0. The number of hydrogen-bond acceptors (Lipinski definition) is 5. The summed E-state index contributed by atoms with van der Waals surface area (Å²) in [7, 11) is 0. The number of nitrogens with two attached hydrogens (primary N) is 1. The van der Waals surface area contributed by atoms with E-state index in [1.807, 2.05) is 0 Å². The molecular weight excluding hydrogens is 418 g/mol. The average molecular weight is 435 g/mol. The lowest BCUT2D eigenvalue weighted by molar-refractivity contribution is 0.0676. The fraction of sp³-hybridized carbons (Fsp3) is 0.0435. The molecule has 0 unspecified atom stereocenters. The number of carboxylic acid groups (broad SMARTS) is 4. The summed E-state index contributed by atoms with van der Waals surface area (Å²) in [5.41, 5.74) is 7.21. The third kappa shape index (κ3) is 4.26. The molecule has 0 saturated heterocycles. The molecular formula is C23H17NO8. The molecule has 0 fully saturated rings. The molecule has 0 radical (unpaired) electrons. The first-order valence-electron chi connectivity index (χ1n) is 9.12. The molecule has 3 aromatic carbocycles. The number of nitrogen functional groups attached to an aromatic ring is 1. The Morgan fingerprint density at radius 3 is 1.09 bits per heavy atom. The Hall–Kier alpha value is -4.66.